The largest absolute Gasteiger partial charge is 0.363 e. The summed E-state index contributed by atoms with van der Waals surface area (Å²) in [7, 11) is 0. The van der Waals surface area contributed by atoms with Crippen LogP contribution >= 0.6 is 12.2 Å². The second-order valence-corrected chi connectivity index (χ2v) is 5.73. The number of hydrogen-bond acceptors (Lipinski definition) is 1. The van der Waals surface area contributed by atoms with E-state index in [-0.39, 0.29) is 0 Å². The van der Waals surface area contributed by atoms with Crippen LogP contribution in [-0.2, 0) is 0 Å². The topological polar surface area (TPSA) is 15.3 Å². The number of thiocarbonyl (C=S) groups is 1. The van der Waals surface area contributed by atoms with E-state index in [0.29, 0.717) is 0 Å². The molecule has 19 heavy (non-hydrogen) atoms. The van der Waals surface area contributed by atoms with Gasteiger partial charge in [0.2, 0.25) is 0 Å². The van der Waals surface area contributed by atoms with Crippen LogP contribution in [0.4, 0.5) is 0 Å². The van der Waals surface area contributed by atoms with E-state index in [1.54, 1.807) is 0 Å². The van der Waals surface area contributed by atoms with Crippen LogP contribution in [0.15, 0.2) is 0 Å². The summed E-state index contributed by atoms with van der Waals surface area (Å²) in [5.74, 6) is 0. The van der Waals surface area contributed by atoms with Crippen LogP contribution < -0.4 is 5.32 Å². The Morgan fingerprint density at radius 3 is 1.74 bits per heavy atom. The summed E-state index contributed by atoms with van der Waals surface area (Å²) in [6.07, 6.45) is 11.5. The molecule has 0 atom stereocenters. The molecule has 0 fully saturated rings. The Balaban J connectivity index is 3.94. The van der Waals surface area contributed by atoms with Crippen LogP contribution in [0.1, 0.15) is 78.6 Å². The number of hydrogen-bond donors (Lipinski definition) is 1. The van der Waals surface area contributed by atoms with Crippen molar-refractivity contribution < 1.29 is 0 Å². The smallest absolute Gasteiger partial charge is 0.168 e. The van der Waals surface area contributed by atoms with Crippen molar-refractivity contribution in [2.24, 2.45) is 0 Å². The third-order valence-electron chi connectivity index (χ3n) is 3.41. The average Bonchev–Trinajstić information content (AvgIpc) is 2.42. The van der Waals surface area contributed by atoms with E-state index in [9.17, 15) is 0 Å². The van der Waals surface area contributed by atoms with Gasteiger partial charge in [0.25, 0.3) is 0 Å². The maximum Gasteiger partial charge on any atom is 0.168 e. The Labute approximate surface area is 126 Å². The fourth-order valence-corrected chi connectivity index (χ4v) is 2.39. The van der Waals surface area contributed by atoms with Crippen molar-refractivity contribution in [1.29, 1.82) is 0 Å². The van der Waals surface area contributed by atoms with Gasteiger partial charge in [-0.05, 0) is 31.5 Å². The van der Waals surface area contributed by atoms with Crippen LogP contribution in [-0.4, -0.2) is 29.6 Å². The molecule has 1 N–H and O–H groups in total. The van der Waals surface area contributed by atoms with Crippen molar-refractivity contribution in [2.75, 3.05) is 19.6 Å². The molecule has 0 saturated heterocycles. The van der Waals surface area contributed by atoms with Gasteiger partial charge in [-0.15, -0.1) is 0 Å². The Bertz CT molecular complexity index is 197. The molecule has 0 unspecified atom stereocenters. The molecule has 0 amide bonds. The minimum atomic E-state index is 0.975. The molecular formula is C16H34N2S. The summed E-state index contributed by atoms with van der Waals surface area (Å²) in [6.45, 7) is 10.0. The Morgan fingerprint density at radius 2 is 1.26 bits per heavy atom. The summed E-state index contributed by atoms with van der Waals surface area (Å²) in [4.78, 5) is 2.38. The maximum atomic E-state index is 5.54. The van der Waals surface area contributed by atoms with Gasteiger partial charge in [0, 0.05) is 19.6 Å². The van der Waals surface area contributed by atoms with E-state index < -0.39 is 0 Å². The van der Waals surface area contributed by atoms with Gasteiger partial charge in [0.15, 0.2) is 5.11 Å². The van der Waals surface area contributed by atoms with Crippen molar-refractivity contribution in [3.63, 3.8) is 0 Å². The molecule has 0 radical (unpaired) electrons. The summed E-state index contributed by atoms with van der Waals surface area (Å²) >= 11 is 5.54. The molecule has 0 bridgehead atoms. The molecule has 0 spiro atoms. The standard InChI is InChI=1S/C16H34N2S/c1-4-7-10-13-17-16(19)18(14-11-8-5-2)15-12-9-6-3/h4-15H2,1-3H3,(H,17,19). The molecule has 0 rings (SSSR count). The van der Waals surface area contributed by atoms with Crippen molar-refractivity contribution in [1.82, 2.24) is 10.2 Å². The quantitative estimate of drug-likeness (QED) is 0.412. The second-order valence-electron chi connectivity index (χ2n) is 5.34. The van der Waals surface area contributed by atoms with E-state index in [0.717, 1.165) is 24.7 Å². The van der Waals surface area contributed by atoms with Gasteiger partial charge < -0.3 is 10.2 Å². The predicted molar refractivity (Wildman–Crippen MR) is 90.7 cm³/mol. The van der Waals surface area contributed by atoms with Crippen LogP contribution in [0.5, 0.6) is 0 Å². The number of nitrogens with one attached hydrogen (secondary N) is 1. The molecule has 0 aromatic carbocycles. The summed E-state index contributed by atoms with van der Waals surface area (Å²) in [5, 5.41) is 4.40. The van der Waals surface area contributed by atoms with E-state index in [2.05, 4.69) is 31.0 Å². The van der Waals surface area contributed by atoms with Crippen LogP contribution in [0.3, 0.4) is 0 Å². The van der Waals surface area contributed by atoms with E-state index in [4.69, 9.17) is 12.2 Å². The highest BCUT2D eigenvalue weighted by Crippen LogP contribution is 2.03. The van der Waals surface area contributed by atoms with Gasteiger partial charge in [-0.1, -0.05) is 59.3 Å². The van der Waals surface area contributed by atoms with Crippen LogP contribution in [0, 0.1) is 0 Å². The summed E-state index contributed by atoms with van der Waals surface area (Å²) < 4.78 is 0. The lowest BCUT2D eigenvalue weighted by Crippen LogP contribution is -2.41. The van der Waals surface area contributed by atoms with Gasteiger partial charge in [-0.3, -0.25) is 0 Å². The normalized spacial score (nSPS) is 10.5. The highest BCUT2D eigenvalue weighted by atomic mass is 32.1. The van der Waals surface area contributed by atoms with Crippen molar-refractivity contribution in [3.8, 4) is 0 Å². The number of rotatable bonds is 12. The first-order valence-electron chi connectivity index (χ1n) is 8.29. The monoisotopic (exact) mass is 286 g/mol. The van der Waals surface area contributed by atoms with Gasteiger partial charge in [0.05, 0.1) is 0 Å². The third kappa shape index (κ3) is 11.2. The lowest BCUT2D eigenvalue weighted by molar-refractivity contribution is 0.384. The van der Waals surface area contributed by atoms with Gasteiger partial charge in [-0.25, -0.2) is 0 Å². The molecule has 0 heterocycles. The minimum absolute atomic E-state index is 0.975. The molecule has 0 aromatic heterocycles. The van der Waals surface area contributed by atoms with Crippen molar-refractivity contribution in [3.05, 3.63) is 0 Å². The summed E-state index contributed by atoms with van der Waals surface area (Å²) in [6, 6.07) is 0. The first-order chi connectivity index (χ1) is 9.26. The Hall–Kier alpha value is -0.310. The Morgan fingerprint density at radius 1 is 0.789 bits per heavy atom. The Kier molecular flexibility index (Phi) is 13.9. The molecule has 0 saturated carbocycles. The van der Waals surface area contributed by atoms with Gasteiger partial charge >= 0.3 is 0 Å². The second kappa shape index (κ2) is 14.1. The summed E-state index contributed by atoms with van der Waals surface area (Å²) in [5.41, 5.74) is 0. The third-order valence-corrected chi connectivity index (χ3v) is 3.81. The van der Waals surface area contributed by atoms with E-state index in [1.165, 1.54) is 57.8 Å². The lowest BCUT2D eigenvalue weighted by atomic mass is 10.2. The maximum absolute atomic E-state index is 5.54. The molecule has 114 valence electrons. The first kappa shape index (κ1) is 18.7. The number of unbranched alkanes of at least 4 members (excludes halogenated alkanes) is 6. The molecule has 2 nitrogen and oxygen atoms in total. The van der Waals surface area contributed by atoms with Gasteiger partial charge in [-0.2, -0.15) is 0 Å². The molecule has 0 aliphatic heterocycles. The minimum Gasteiger partial charge on any atom is -0.363 e. The molecular weight excluding hydrogens is 252 g/mol. The predicted octanol–water partition coefficient (Wildman–Crippen LogP) is 4.73. The zero-order chi connectivity index (χ0) is 14.3. The molecule has 0 aromatic rings. The van der Waals surface area contributed by atoms with E-state index >= 15 is 0 Å². The first-order valence-corrected chi connectivity index (χ1v) is 8.69. The molecule has 3 heteroatoms. The SMILES string of the molecule is CCCCCNC(=S)N(CCCCC)CCCCC. The van der Waals surface area contributed by atoms with Crippen molar-refractivity contribution in [2.45, 2.75) is 78.6 Å². The molecule has 0 aliphatic rings. The zero-order valence-corrected chi connectivity index (χ0v) is 14.2. The van der Waals surface area contributed by atoms with Gasteiger partial charge in [0.1, 0.15) is 0 Å². The molecule has 0 aliphatic carbocycles. The van der Waals surface area contributed by atoms with E-state index in [1.807, 2.05) is 0 Å². The highest BCUT2D eigenvalue weighted by Gasteiger charge is 2.08. The average molecular weight is 287 g/mol. The van der Waals surface area contributed by atoms with Crippen LogP contribution in [0.2, 0.25) is 0 Å². The highest BCUT2D eigenvalue weighted by molar-refractivity contribution is 7.80. The number of nitrogens with zero attached hydrogens (tertiary/aromatic N) is 1. The van der Waals surface area contributed by atoms with Crippen molar-refractivity contribution >= 4 is 17.3 Å². The zero-order valence-electron chi connectivity index (χ0n) is 13.3. The fourth-order valence-electron chi connectivity index (χ4n) is 2.10. The van der Waals surface area contributed by atoms with Crippen LogP contribution in [0.25, 0.3) is 0 Å². The lowest BCUT2D eigenvalue weighted by Gasteiger charge is -2.26. The fraction of sp³-hybridized carbons (Fsp3) is 0.938.